The van der Waals surface area contributed by atoms with Crippen LogP contribution in [0.15, 0.2) is 60.8 Å². The Hall–Kier alpha value is -3.07. The molecule has 0 aliphatic carbocycles. The van der Waals surface area contributed by atoms with E-state index in [1.807, 2.05) is 12.1 Å². The maximum atomic E-state index is 13.0. The van der Waals surface area contributed by atoms with Crippen LogP contribution < -0.4 is 10.1 Å². The number of amides is 1. The second kappa shape index (κ2) is 9.20. The van der Waals surface area contributed by atoms with Crippen molar-refractivity contribution in [2.24, 2.45) is 0 Å². The highest BCUT2D eigenvalue weighted by Crippen LogP contribution is 2.36. The van der Waals surface area contributed by atoms with Crippen molar-refractivity contribution < 1.29 is 28.2 Å². The van der Waals surface area contributed by atoms with E-state index in [-0.39, 0.29) is 31.6 Å². The molecule has 1 aliphatic heterocycles. The highest BCUT2D eigenvalue weighted by molar-refractivity contribution is 6.30. The van der Waals surface area contributed by atoms with Gasteiger partial charge in [0, 0.05) is 28.5 Å². The largest absolute Gasteiger partial charge is 0.417 e. The van der Waals surface area contributed by atoms with Gasteiger partial charge in [0.1, 0.15) is 5.41 Å². The van der Waals surface area contributed by atoms with E-state index in [4.69, 9.17) is 16.3 Å². The van der Waals surface area contributed by atoms with Crippen molar-refractivity contribution in [3.63, 3.8) is 0 Å². The molecule has 2 heterocycles. The number of nitrogens with zero attached hydrogens (tertiary/aromatic N) is 1. The predicted octanol–water partition coefficient (Wildman–Crippen LogP) is 4.40. The van der Waals surface area contributed by atoms with Crippen LogP contribution in [-0.4, -0.2) is 35.8 Å². The molecule has 0 atom stereocenters. The lowest BCUT2D eigenvalue weighted by molar-refractivity contribution is -0.139. The van der Waals surface area contributed by atoms with Crippen LogP contribution in [0.4, 0.5) is 14.5 Å². The van der Waals surface area contributed by atoms with E-state index < -0.39 is 12.0 Å². The smallest absolute Gasteiger partial charge is 0.388 e. The van der Waals surface area contributed by atoms with Crippen molar-refractivity contribution in [3.05, 3.63) is 76.9 Å². The minimum absolute atomic E-state index is 0.190. The van der Waals surface area contributed by atoms with Crippen LogP contribution in [-0.2, 0) is 21.6 Å². The lowest BCUT2D eigenvalue weighted by Gasteiger charge is -2.40. The van der Waals surface area contributed by atoms with E-state index in [0.717, 1.165) is 5.56 Å². The topological polar surface area (TPSA) is 80.7 Å². The fourth-order valence-electron chi connectivity index (χ4n) is 3.51. The average molecular weight is 461 g/mol. The van der Waals surface area contributed by atoms with Gasteiger partial charge in [0.25, 0.3) is 0 Å². The first kappa shape index (κ1) is 22.1. The number of anilines is 1. The monoisotopic (exact) mass is 460 g/mol. The van der Waals surface area contributed by atoms with E-state index in [1.165, 1.54) is 12.3 Å². The second-order valence-electron chi connectivity index (χ2n) is 7.33. The second-order valence-corrected chi connectivity index (χ2v) is 7.77. The summed E-state index contributed by atoms with van der Waals surface area (Å²) in [5.41, 5.74) is 2.26. The first-order valence-corrected chi connectivity index (χ1v) is 10.1. The van der Waals surface area contributed by atoms with E-state index >= 15 is 0 Å². The number of hydrogen-bond acceptors (Lipinski definition) is 5. The highest BCUT2D eigenvalue weighted by Gasteiger charge is 2.47. The minimum Gasteiger partial charge on any atom is -0.417 e. The Morgan fingerprint density at radius 2 is 1.88 bits per heavy atom. The van der Waals surface area contributed by atoms with Crippen LogP contribution >= 0.6 is 11.6 Å². The quantitative estimate of drug-likeness (QED) is 0.546. The molecule has 1 saturated heterocycles. The van der Waals surface area contributed by atoms with Gasteiger partial charge in [0.15, 0.2) is 0 Å². The van der Waals surface area contributed by atoms with Gasteiger partial charge in [-0.3, -0.25) is 4.79 Å². The van der Waals surface area contributed by atoms with Gasteiger partial charge in [-0.1, -0.05) is 35.9 Å². The SMILES string of the molecule is O=C(Nc1ccc(Cl)cc1)C1(c2ccc(-c3cnc(OC(F)F)cc3CO)cc2)COC1. The van der Waals surface area contributed by atoms with Gasteiger partial charge in [-0.15, -0.1) is 0 Å². The third kappa shape index (κ3) is 4.43. The maximum Gasteiger partial charge on any atom is 0.388 e. The fraction of sp³-hybridized carbons (Fsp3) is 0.217. The molecule has 9 heteroatoms. The number of aliphatic hydroxyl groups excluding tert-OH is 1. The Kier molecular flexibility index (Phi) is 6.36. The molecule has 32 heavy (non-hydrogen) atoms. The molecule has 2 N–H and O–H groups in total. The summed E-state index contributed by atoms with van der Waals surface area (Å²) < 4.78 is 34.5. The van der Waals surface area contributed by atoms with Gasteiger partial charge in [-0.2, -0.15) is 8.78 Å². The third-order valence-corrected chi connectivity index (χ3v) is 5.58. The number of nitrogens with one attached hydrogen (secondary N) is 1. The number of pyridine rings is 1. The van der Waals surface area contributed by atoms with Crippen LogP contribution in [0, 0.1) is 0 Å². The summed E-state index contributed by atoms with van der Waals surface area (Å²) >= 11 is 5.90. The molecule has 6 nitrogen and oxygen atoms in total. The number of carbonyl (C=O) groups excluding carboxylic acids is 1. The number of halogens is 3. The molecule has 0 unspecified atom stereocenters. The summed E-state index contributed by atoms with van der Waals surface area (Å²) in [5.74, 6) is -0.459. The standard InChI is InChI=1S/C23H19ClF2N2O4/c24-17-5-7-18(8-6-17)28-21(30)23(12-31-13-23)16-3-1-14(2-4-16)19-10-27-20(32-22(25)26)9-15(19)11-29/h1-10,22,29H,11-13H2,(H,28,30). The molecule has 1 aliphatic rings. The molecular weight excluding hydrogens is 442 g/mol. The Labute approximate surface area is 187 Å². The lowest BCUT2D eigenvalue weighted by atomic mass is 9.77. The normalized spacial score (nSPS) is 14.7. The average Bonchev–Trinajstić information content (AvgIpc) is 2.75. The molecule has 0 bridgehead atoms. The predicted molar refractivity (Wildman–Crippen MR) is 115 cm³/mol. The molecule has 0 radical (unpaired) electrons. The molecule has 3 aromatic rings. The summed E-state index contributed by atoms with van der Waals surface area (Å²) in [6, 6.07) is 15.3. The summed E-state index contributed by atoms with van der Waals surface area (Å²) in [6.45, 7) is -2.89. The van der Waals surface area contributed by atoms with Crippen molar-refractivity contribution >= 4 is 23.2 Å². The van der Waals surface area contributed by atoms with Crippen molar-refractivity contribution in [1.82, 2.24) is 4.98 Å². The molecule has 0 spiro atoms. The Bertz CT molecular complexity index is 1100. The van der Waals surface area contributed by atoms with Gasteiger partial charge < -0.3 is 19.9 Å². The molecule has 1 aromatic heterocycles. The fourth-order valence-corrected chi connectivity index (χ4v) is 3.64. The number of carbonyl (C=O) groups is 1. The first-order chi connectivity index (χ1) is 15.4. The van der Waals surface area contributed by atoms with E-state index in [0.29, 0.717) is 27.4 Å². The molecular formula is C23H19ClF2N2O4. The summed E-state index contributed by atoms with van der Waals surface area (Å²) in [4.78, 5) is 16.9. The van der Waals surface area contributed by atoms with Gasteiger partial charge in [-0.05, 0) is 41.0 Å². The van der Waals surface area contributed by atoms with Crippen molar-refractivity contribution in [1.29, 1.82) is 0 Å². The third-order valence-electron chi connectivity index (χ3n) is 5.33. The number of hydrogen-bond donors (Lipinski definition) is 2. The molecule has 166 valence electrons. The van der Waals surface area contributed by atoms with Crippen LogP contribution in [0.5, 0.6) is 5.88 Å². The number of rotatable bonds is 7. The van der Waals surface area contributed by atoms with Gasteiger partial charge in [0.2, 0.25) is 11.8 Å². The first-order valence-electron chi connectivity index (χ1n) is 9.71. The number of alkyl halides is 2. The van der Waals surface area contributed by atoms with Crippen LogP contribution in [0.1, 0.15) is 11.1 Å². The molecule has 0 saturated carbocycles. The minimum atomic E-state index is -3.00. The van der Waals surface area contributed by atoms with Crippen molar-refractivity contribution in [2.75, 3.05) is 18.5 Å². The lowest BCUT2D eigenvalue weighted by Crippen LogP contribution is -2.55. The number of ether oxygens (including phenoxy) is 2. The van der Waals surface area contributed by atoms with Gasteiger partial charge in [-0.25, -0.2) is 4.98 Å². The van der Waals surface area contributed by atoms with Crippen molar-refractivity contribution in [2.45, 2.75) is 18.6 Å². The van der Waals surface area contributed by atoms with E-state index in [2.05, 4.69) is 15.0 Å². The van der Waals surface area contributed by atoms with Gasteiger partial charge in [0.05, 0.1) is 19.8 Å². The van der Waals surface area contributed by atoms with E-state index in [9.17, 15) is 18.7 Å². The zero-order valence-corrected chi connectivity index (χ0v) is 17.5. The molecule has 1 amide bonds. The maximum absolute atomic E-state index is 13.0. The van der Waals surface area contributed by atoms with Crippen LogP contribution in [0.25, 0.3) is 11.1 Å². The Morgan fingerprint density at radius 3 is 2.44 bits per heavy atom. The zero-order chi connectivity index (χ0) is 22.7. The molecule has 2 aromatic carbocycles. The Balaban J connectivity index is 1.57. The zero-order valence-electron chi connectivity index (χ0n) is 16.7. The Morgan fingerprint density at radius 1 is 1.19 bits per heavy atom. The van der Waals surface area contributed by atoms with Crippen LogP contribution in [0.3, 0.4) is 0 Å². The summed E-state index contributed by atoms with van der Waals surface area (Å²) in [7, 11) is 0. The summed E-state index contributed by atoms with van der Waals surface area (Å²) in [6.07, 6.45) is 1.37. The number of benzene rings is 2. The van der Waals surface area contributed by atoms with Crippen molar-refractivity contribution in [3.8, 4) is 17.0 Å². The highest BCUT2D eigenvalue weighted by atomic mass is 35.5. The number of aliphatic hydroxyl groups is 1. The van der Waals surface area contributed by atoms with Crippen LogP contribution in [0.2, 0.25) is 5.02 Å². The summed E-state index contributed by atoms with van der Waals surface area (Å²) in [5, 5.41) is 13.1. The molecule has 1 fully saturated rings. The molecule has 4 rings (SSSR count). The number of aromatic nitrogens is 1. The van der Waals surface area contributed by atoms with Gasteiger partial charge >= 0.3 is 6.61 Å². The van der Waals surface area contributed by atoms with E-state index in [1.54, 1.807) is 36.4 Å².